The van der Waals surface area contributed by atoms with Crippen LogP contribution in [0.3, 0.4) is 0 Å². The molecule has 0 aliphatic heterocycles. The first-order chi connectivity index (χ1) is 14.0. The van der Waals surface area contributed by atoms with Crippen molar-refractivity contribution < 1.29 is 19.8 Å². The Bertz CT molecular complexity index is 773. The molecule has 1 aromatic heterocycles. The van der Waals surface area contributed by atoms with Gasteiger partial charge in [0.1, 0.15) is 4.88 Å². The van der Waals surface area contributed by atoms with E-state index in [1.807, 2.05) is 11.0 Å². The van der Waals surface area contributed by atoms with E-state index in [0.29, 0.717) is 43.2 Å². The van der Waals surface area contributed by atoms with Crippen molar-refractivity contribution in [3.8, 4) is 0 Å². The molecule has 5 nitrogen and oxygen atoms in total. The first kappa shape index (κ1) is 23.3. The Kier molecular flexibility index (Phi) is 6.97. The lowest BCUT2D eigenvalue weighted by atomic mass is 9.74. The fourth-order valence-corrected chi connectivity index (χ4v) is 6.15. The molecule has 1 amide bonds. The molecular weight excluding hydrogens is 398 g/mol. The van der Waals surface area contributed by atoms with Crippen molar-refractivity contribution in [1.29, 1.82) is 0 Å². The highest BCUT2D eigenvalue weighted by Crippen LogP contribution is 2.42. The highest BCUT2D eigenvalue weighted by atomic mass is 32.1. The van der Waals surface area contributed by atoms with Gasteiger partial charge in [-0.25, -0.2) is 4.79 Å². The zero-order chi connectivity index (χ0) is 22.2. The Hall–Kier alpha value is -1.40. The predicted octanol–water partition coefficient (Wildman–Crippen LogP) is 5.45. The molecule has 2 aliphatic rings. The molecule has 1 heterocycles. The van der Waals surface area contributed by atoms with Crippen molar-refractivity contribution in [2.75, 3.05) is 4.90 Å². The molecule has 1 aromatic rings. The van der Waals surface area contributed by atoms with Crippen LogP contribution in [0.5, 0.6) is 0 Å². The number of carboxylic acid groups (broad SMARTS) is 1. The topological polar surface area (TPSA) is 77.8 Å². The van der Waals surface area contributed by atoms with Crippen LogP contribution in [0.15, 0.2) is 6.07 Å². The molecule has 2 fully saturated rings. The van der Waals surface area contributed by atoms with Crippen LogP contribution < -0.4 is 4.90 Å². The van der Waals surface area contributed by atoms with Crippen molar-refractivity contribution in [3.63, 3.8) is 0 Å². The van der Waals surface area contributed by atoms with Gasteiger partial charge >= 0.3 is 5.97 Å². The maximum atomic E-state index is 13.9. The summed E-state index contributed by atoms with van der Waals surface area (Å²) >= 11 is 1.29. The Labute approximate surface area is 184 Å². The van der Waals surface area contributed by atoms with Gasteiger partial charge in [0.05, 0.1) is 11.8 Å². The molecule has 2 saturated carbocycles. The smallest absolute Gasteiger partial charge is 0.348 e. The lowest BCUT2D eigenvalue weighted by Gasteiger charge is -2.40. The molecule has 0 bridgehead atoms. The molecule has 0 aromatic carbocycles. The molecule has 168 valence electrons. The van der Waals surface area contributed by atoms with Gasteiger partial charge in [0.25, 0.3) is 0 Å². The highest BCUT2D eigenvalue weighted by Gasteiger charge is 2.40. The molecule has 0 saturated heterocycles. The number of aromatic carboxylic acids is 1. The number of aliphatic hydroxyl groups excluding tert-OH is 1. The molecule has 2 N–H and O–H groups in total. The van der Waals surface area contributed by atoms with Gasteiger partial charge in [-0.1, -0.05) is 34.6 Å². The summed E-state index contributed by atoms with van der Waals surface area (Å²) in [5.74, 6) is -0.0221. The quantitative estimate of drug-likeness (QED) is 0.659. The number of hydrogen-bond donors (Lipinski definition) is 2. The number of aliphatic hydroxyl groups is 1. The average molecular weight is 436 g/mol. The first-order valence-corrected chi connectivity index (χ1v) is 12.2. The zero-order valence-electron chi connectivity index (χ0n) is 19.0. The number of nitrogens with zero attached hydrogens (tertiary/aromatic N) is 1. The Morgan fingerprint density at radius 3 is 2.23 bits per heavy atom. The van der Waals surface area contributed by atoms with Crippen LogP contribution in [0.25, 0.3) is 0 Å². The normalized spacial score (nSPS) is 30.1. The van der Waals surface area contributed by atoms with Crippen LogP contribution in [-0.4, -0.2) is 34.2 Å². The van der Waals surface area contributed by atoms with Gasteiger partial charge in [-0.05, 0) is 68.3 Å². The van der Waals surface area contributed by atoms with E-state index in [1.165, 1.54) is 11.3 Å². The van der Waals surface area contributed by atoms with E-state index in [2.05, 4.69) is 34.6 Å². The van der Waals surface area contributed by atoms with Crippen LogP contribution in [0, 0.1) is 17.8 Å². The average Bonchev–Trinajstić information content (AvgIpc) is 3.09. The van der Waals surface area contributed by atoms with Crippen LogP contribution in [0.4, 0.5) is 5.69 Å². The number of amides is 1. The summed E-state index contributed by atoms with van der Waals surface area (Å²) in [5, 5.41) is 19.9. The minimum Gasteiger partial charge on any atom is -0.477 e. The third-order valence-corrected chi connectivity index (χ3v) is 8.46. The Balaban J connectivity index is 2.03. The van der Waals surface area contributed by atoms with Crippen molar-refractivity contribution in [1.82, 2.24) is 0 Å². The SMILES string of the molecule is CC1CC[C@H](C(=O)N(c2cc(C(C)(C)C)sc2C(=O)O)[C@H]2CC[C@H](O)CC2)[C@@H](C)C1. The highest BCUT2D eigenvalue weighted by molar-refractivity contribution is 7.14. The standard InChI is InChI=1S/C24H37NO4S/c1-14-6-11-18(15(2)12-14)22(27)25(16-7-9-17(26)10-8-16)19-13-20(24(3,4)5)30-21(19)23(28)29/h13-18,26H,6-12H2,1-5H3,(H,28,29)/t14?,15-,16-,17-,18-/m0/s1. The summed E-state index contributed by atoms with van der Waals surface area (Å²) < 4.78 is 0. The van der Waals surface area contributed by atoms with E-state index in [0.717, 1.165) is 24.1 Å². The van der Waals surface area contributed by atoms with Gasteiger partial charge in [0.2, 0.25) is 5.91 Å². The lowest BCUT2D eigenvalue weighted by molar-refractivity contribution is -0.126. The van der Waals surface area contributed by atoms with Crippen LogP contribution in [0.1, 0.15) is 94.1 Å². The summed E-state index contributed by atoms with van der Waals surface area (Å²) in [6, 6.07) is 1.89. The maximum absolute atomic E-state index is 13.9. The number of anilines is 1. The Morgan fingerprint density at radius 2 is 1.70 bits per heavy atom. The minimum absolute atomic E-state index is 0.0482. The Morgan fingerprint density at radius 1 is 1.07 bits per heavy atom. The number of hydrogen-bond acceptors (Lipinski definition) is 4. The van der Waals surface area contributed by atoms with E-state index in [9.17, 15) is 19.8 Å². The third-order valence-electron chi connectivity index (χ3n) is 6.92. The predicted molar refractivity (Wildman–Crippen MR) is 121 cm³/mol. The van der Waals surface area contributed by atoms with E-state index in [4.69, 9.17) is 0 Å². The molecule has 3 rings (SSSR count). The van der Waals surface area contributed by atoms with Gasteiger partial charge in [-0.3, -0.25) is 4.79 Å². The second kappa shape index (κ2) is 8.99. The van der Waals surface area contributed by atoms with Crippen LogP contribution in [-0.2, 0) is 10.2 Å². The summed E-state index contributed by atoms with van der Waals surface area (Å²) in [6.45, 7) is 10.6. The van der Waals surface area contributed by atoms with Crippen molar-refractivity contribution in [2.45, 2.75) is 97.1 Å². The number of thiophene rings is 1. The van der Waals surface area contributed by atoms with E-state index >= 15 is 0 Å². The summed E-state index contributed by atoms with van der Waals surface area (Å²) in [5.41, 5.74) is 0.382. The van der Waals surface area contributed by atoms with Crippen molar-refractivity contribution in [3.05, 3.63) is 15.8 Å². The second-order valence-corrected chi connectivity index (χ2v) is 11.6. The lowest BCUT2D eigenvalue weighted by Crippen LogP contribution is -2.48. The molecular formula is C24H37NO4S. The van der Waals surface area contributed by atoms with Gasteiger partial charge in [-0.15, -0.1) is 11.3 Å². The molecule has 0 radical (unpaired) electrons. The fourth-order valence-electron chi connectivity index (χ4n) is 5.11. The summed E-state index contributed by atoms with van der Waals surface area (Å²) in [7, 11) is 0. The van der Waals surface area contributed by atoms with E-state index in [1.54, 1.807) is 0 Å². The molecule has 6 heteroatoms. The molecule has 30 heavy (non-hydrogen) atoms. The molecule has 3 atom stereocenters. The first-order valence-electron chi connectivity index (χ1n) is 11.4. The van der Waals surface area contributed by atoms with Gasteiger partial charge < -0.3 is 15.1 Å². The minimum atomic E-state index is -0.968. The van der Waals surface area contributed by atoms with Crippen LogP contribution in [0.2, 0.25) is 0 Å². The maximum Gasteiger partial charge on any atom is 0.348 e. The number of carbonyl (C=O) groups is 2. The number of rotatable bonds is 4. The number of carbonyl (C=O) groups excluding carboxylic acids is 1. The molecule has 0 spiro atoms. The fraction of sp³-hybridized carbons (Fsp3) is 0.750. The largest absolute Gasteiger partial charge is 0.477 e. The van der Waals surface area contributed by atoms with Gasteiger partial charge in [0.15, 0.2) is 0 Å². The van der Waals surface area contributed by atoms with E-state index < -0.39 is 5.97 Å². The number of carboxylic acids is 1. The van der Waals surface area contributed by atoms with E-state index in [-0.39, 0.29) is 34.3 Å². The van der Waals surface area contributed by atoms with Crippen LogP contribution >= 0.6 is 11.3 Å². The van der Waals surface area contributed by atoms with Crippen molar-refractivity contribution in [2.24, 2.45) is 17.8 Å². The second-order valence-electron chi connectivity index (χ2n) is 10.6. The monoisotopic (exact) mass is 435 g/mol. The molecule has 1 unspecified atom stereocenters. The summed E-state index contributed by atoms with van der Waals surface area (Å²) in [4.78, 5) is 29.1. The zero-order valence-corrected chi connectivity index (χ0v) is 19.8. The molecule has 2 aliphatic carbocycles. The van der Waals surface area contributed by atoms with Gasteiger partial charge in [0, 0.05) is 16.8 Å². The summed E-state index contributed by atoms with van der Waals surface area (Å²) in [6.07, 6.45) is 5.37. The van der Waals surface area contributed by atoms with Gasteiger partial charge in [-0.2, -0.15) is 0 Å². The van der Waals surface area contributed by atoms with Crippen molar-refractivity contribution >= 4 is 28.9 Å². The third kappa shape index (κ3) is 4.91.